The number of methoxy groups -OCH3 is 1. The van der Waals surface area contributed by atoms with Gasteiger partial charge in [0.2, 0.25) is 0 Å². The molecule has 96 valence electrons. The van der Waals surface area contributed by atoms with Gasteiger partial charge in [-0.1, -0.05) is 0 Å². The normalized spacial score (nSPS) is 10.7. The summed E-state index contributed by atoms with van der Waals surface area (Å²) in [4.78, 5) is 8.46. The minimum atomic E-state index is 0.704. The molecule has 0 aliphatic carbocycles. The first-order valence-electron chi connectivity index (χ1n) is 5.99. The molecule has 5 nitrogen and oxygen atoms in total. The zero-order valence-corrected chi connectivity index (χ0v) is 10.5. The zero-order chi connectivity index (χ0) is 12.6. The molecule has 0 aromatic carbocycles. The molecule has 0 unspecified atom stereocenters. The van der Waals surface area contributed by atoms with Crippen LogP contribution in [0.25, 0.3) is 0 Å². The summed E-state index contributed by atoms with van der Waals surface area (Å²) in [6, 6.07) is 5.96. The second-order valence-electron chi connectivity index (χ2n) is 3.96. The van der Waals surface area contributed by atoms with Crippen molar-refractivity contribution in [3.63, 3.8) is 0 Å². The Morgan fingerprint density at radius 1 is 1.28 bits per heavy atom. The maximum Gasteiger partial charge on any atom is 0.147 e. The van der Waals surface area contributed by atoms with E-state index in [1.54, 1.807) is 19.5 Å². The van der Waals surface area contributed by atoms with Crippen LogP contribution < -0.4 is 5.32 Å². The average Bonchev–Trinajstić information content (AvgIpc) is 2.83. The van der Waals surface area contributed by atoms with E-state index < -0.39 is 0 Å². The smallest absolute Gasteiger partial charge is 0.147 e. The molecule has 2 aromatic heterocycles. The number of hydrogen-bond acceptors (Lipinski definition) is 4. The molecule has 0 aliphatic heterocycles. The van der Waals surface area contributed by atoms with E-state index in [9.17, 15) is 0 Å². The minimum Gasteiger partial charge on any atom is -0.383 e. The molecule has 0 atom stereocenters. The number of nitrogens with zero attached hydrogens (tertiary/aromatic N) is 3. The Morgan fingerprint density at radius 3 is 2.89 bits per heavy atom. The molecule has 0 saturated heterocycles. The summed E-state index contributed by atoms with van der Waals surface area (Å²) < 4.78 is 7.15. The summed E-state index contributed by atoms with van der Waals surface area (Å²) in [5, 5.41) is 3.33. The van der Waals surface area contributed by atoms with Gasteiger partial charge in [0.05, 0.1) is 13.2 Å². The van der Waals surface area contributed by atoms with Crippen molar-refractivity contribution in [1.29, 1.82) is 0 Å². The molecule has 2 rings (SSSR count). The van der Waals surface area contributed by atoms with Crippen LogP contribution in [0.2, 0.25) is 0 Å². The van der Waals surface area contributed by atoms with E-state index in [2.05, 4.69) is 25.9 Å². The number of rotatable bonds is 7. The Kier molecular flexibility index (Phi) is 4.87. The standard InChI is InChI=1S/C13H18N4O/c1-18-9-7-14-10-12-4-2-8-17(12)11-13-15-5-3-6-16-13/h2-6,8,14H,7,9-11H2,1H3. The van der Waals surface area contributed by atoms with Crippen molar-refractivity contribution in [2.75, 3.05) is 20.3 Å². The van der Waals surface area contributed by atoms with E-state index in [4.69, 9.17) is 4.74 Å². The van der Waals surface area contributed by atoms with E-state index in [-0.39, 0.29) is 0 Å². The SMILES string of the molecule is COCCNCc1cccn1Cc1ncccn1. The van der Waals surface area contributed by atoms with E-state index in [0.29, 0.717) is 6.54 Å². The first kappa shape index (κ1) is 12.7. The van der Waals surface area contributed by atoms with Gasteiger partial charge in [-0.2, -0.15) is 0 Å². The monoisotopic (exact) mass is 246 g/mol. The van der Waals surface area contributed by atoms with Crippen LogP contribution in [0.15, 0.2) is 36.8 Å². The fourth-order valence-electron chi connectivity index (χ4n) is 1.72. The van der Waals surface area contributed by atoms with Gasteiger partial charge in [-0.25, -0.2) is 9.97 Å². The van der Waals surface area contributed by atoms with Crippen molar-refractivity contribution in [3.05, 3.63) is 48.3 Å². The van der Waals surface area contributed by atoms with Gasteiger partial charge in [-0.05, 0) is 18.2 Å². The van der Waals surface area contributed by atoms with Crippen molar-refractivity contribution in [1.82, 2.24) is 19.9 Å². The summed E-state index contributed by atoms with van der Waals surface area (Å²) in [6.45, 7) is 3.10. The van der Waals surface area contributed by atoms with Crippen LogP contribution in [0.5, 0.6) is 0 Å². The second kappa shape index (κ2) is 6.88. The molecule has 1 N–H and O–H groups in total. The van der Waals surface area contributed by atoms with E-state index in [1.165, 1.54) is 5.69 Å². The van der Waals surface area contributed by atoms with Gasteiger partial charge < -0.3 is 14.6 Å². The largest absolute Gasteiger partial charge is 0.383 e. The number of aromatic nitrogens is 3. The van der Waals surface area contributed by atoms with Gasteiger partial charge in [-0.3, -0.25) is 0 Å². The molecule has 2 heterocycles. The molecule has 0 radical (unpaired) electrons. The van der Waals surface area contributed by atoms with Crippen molar-refractivity contribution >= 4 is 0 Å². The fourth-order valence-corrected chi connectivity index (χ4v) is 1.72. The highest BCUT2D eigenvalue weighted by molar-refractivity contribution is 5.08. The number of nitrogens with one attached hydrogen (secondary N) is 1. The maximum absolute atomic E-state index is 5.00. The summed E-state index contributed by atoms with van der Waals surface area (Å²) in [6.07, 6.45) is 5.58. The third kappa shape index (κ3) is 3.65. The summed E-state index contributed by atoms with van der Waals surface area (Å²) in [7, 11) is 1.71. The molecule has 2 aromatic rings. The van der Waals surface area contributed by atoms with Crippen LogP contribution in [0.4, 0.5) is 0 Å². The van der Waals surface area contributed by atoms with Crippen molar-refractivity contribution in [2.45, 2.75) is 13.1 Å². The van der Waals surface area contributed by atoms with Crippen LogP contribution in [-0.4, -0.2) is 34.8 Å². The molecule has 18 heavy (non-hydrogen) atoms. The van der Waals surface area contributed by atoms with E-state index >= 15 is 0 Å². The molecule has 0 bridgehead atoms. The fraction of sp³-hybridized carbons (Fsp3) is 0.385. The molecule has 0 fully saturated rings. The molecule has 0 amide bonds. The lowest BCUT2D eigenvalue weighted by atomic mass is 10.4. The lowest BCUT2D eigenvalue weighted by molar-refractivity contribution is 0.199. The molecule has 0 spiro atoms. The third-order valence-corrected chi connectivity index (χ3v) is 2.64. The molecule has 5 heteroatoms. The van der Waals surface area contributed by atoms with Gasteiger partial charge in [0.1, 0.15) is 5.82 Å². The van der Waals surface area contributed by atoms with Crippen LogP contribution in [-0.2, 0) is 17.8 Å². The Labute approximate surface area is 107 Å². The Hall–Kier alpha value is -1.72. The van der Waals surface area contributed by atoms with Crippen molar-refractivity contribution < 1.29 is 4.74 Å². The lowest BCUT2D eigenvalue weighted by Gasteiger charge is -2.09. The maximum atomic E-state index is 5.00. The molecular formula is C13H18N4O. The summed E-state index contributed by atoms with van der Waals surface area (Å²) in [5.74, 6) is 0.826. The van der Waals surface area contributed by atoms with Crippen LogP contribution >= 0.6 is 0 Å². The van der Waals surface area contributed by atoms with E-state index in [1.807, 2.05) is 18.3 Å². The van der Waals surface area contributed by atoms with Gasteiger partial charge in [0.15, 0.2) is 0 Å². The molecule has 0 saturated carbocycles. The number of ether oxygens (including phenoxy) is 1. The number of hydrogen-bond donors (Lipinski definition) is 1. The quantitative estimate of drug-likeness (QED) is 0.742. The minimum absolute atomic E-state index is 0.704. The van der Waals surface area contributed by atoms with Crippen molar-refractivity contribution in [3.8, 4) is 0 Å². The molecular weight excluding hydrogens is 228 g/mol. The lowest BCUT2D eigenvalue weighted by Crippen LogP contribution is -2.20. The van der Waals surface area contributed by atoms with Gasteiger partial charge in [0, 0.05) is 44.5 Å². The highest BCUT2D eigenvalue weighted by Crippen LogP contribution is 2.04. The van der Waals surface area contributed by atoms with E-state index in [0.717, 1.165) is 25.5 Å². The first-order chi connectivity index (χ1) is 8.90. The Morgan fingerprint density at radius 2 is 2.11 bits per heavy atom. The van der Waals surface area contributed by atoms with Gasteiger partial charge >= 0.3 is 0 Å². The van der Waals surface area contributed by atoms with Crippen LogP contribution in [0.1, 0.15) is 11.5 Å². The van der Waals surface area contributed by atoms with Gasteiger partial charge in [-0.15, -0.1) is 0 Å². The van der Waals surface area contributed by atoms with Crippen molar-refractivity contribution in [2.24, 2.45) is 0 Å². The highest BCUT2D eigenvalue weighted by Gasteiger charge is 2.02. The highest BCUT2D eigenvalue weighted by atomic mass is 16.5. The van der Waals surface area contributed by atoms with Crippen LogP contribution in [0, 0.1) is 0 Å². The first-order valence-corrected chi connectivity index (χ1v) is 5.99. The molecule has 0 aliphatic rings. The third-order valence-electron chi connectivity index (χ3n) is 2.64. The predicted molar refractivity (Wildman–Crippen MR) is 69.1 cm³/mol. The average molecular weight is 246 g/mol. The van der Waals surface area contributed by atoms with Gasteiger partial charge in [0.25, 0.3) is 0 Å². The zero-order valence-electron chi connectivity index (χ0n) is 10.5. The Balaban J connectivity index is 1.91. The topological polar surface area (TPSA) is 52.0 Å². The second-order valence-corrected chi connectivity index (χ2v) is 3.96. The van der Waals surface area contributed by atoms with Crippen LogP contribution in [0.3, 0.4) is 0 Å². The predicted octanol–water partition coefficient (Wildman–Crippen LogP) is 1.06. The Bertz CT molecular complexity index is 455. The summed E-state index contributed by atoms with van der Waals surface area (Å²) in [5.41, 5.74) is 1.22. The summed E-state index contributed by atoms with van der Waals surface area (Å²) >= 11 is 0.